The molecule has 0 amide bonds. The first-order chi connectivity index (χ1) is 12.2. The van der Waals surface area contributed by atoms with E-state index in [9.17, 15) is 0 Å². The zero-order chi connectivity index (χ0) is 17.6. The van der Waals surface area contributed by atoms with Crippen LogP contribution in [-0.4, -0.2) is 28.0 Å². The lowest BCUT2D eigenvalue weighted by Crippen LogP contribution is -2.38. The molecule has 0 radical (unpaired) electrons. The second-order valence-electron chi connectivity index (χ2n) is 6.78. The van der Waals surface area contributed by atoms with E-state index < -0.39 is 0 Å². The largest absolute Gasteiger partial charge is 0.327 e. The second kappa shape index (κ2) is 8.37. The van der Waals surface area contributed by atoms with Gasteiger partial charge in [0.05, 0.1) is 23.5 Å². The lowest BCUT2D eigenvalue weighted by molar-refractivity contribution is 0.0901. The van der Waals surface area contributed by atoms with Gasteiger partial charge in [-0.05, 0) is 56.4 Å². The van der Waals surface area contributed by atoms with Gasteiger partial charge in [-0.2, -0.15) is 0 Å². The fourth-order valence-electron chi connectivity index (χ4n) is 3.88. The third kappa shape index (κ3) is 3.97. The van der Waals surface area contributed by atoms with Crippen molar-refractivity contribution < 1.29 is 0 Å². The van der Waals surface area contributed by atoms with Crippen LogP contribution >= 0.6 is 0 Å². The van der Waals surface area contributed by atoms with Crippen molar-refractivity contribution in [1.29, 1.82) is 0 Å². The number of nitrogens with zero attached hydrogens (tertiary/aromatic N) is 3. The average Bonchev–Trinajstić information content (AvgIpc) is 2.63. The Hall–Kier alpha value is -2.04. The lowest BCUT2D eigenvalue weighted by atomic mass is 9.89. The van der Waals surface area contributed by atoms with Crippen LogP contribution in [0.15, 0.2) is 48.8 Å². The molecular formula is C21H28N4. The highest BCUT2D eigenvalue weighted by Crippen LogP contribution is 2.41. The number of rotatable bonds is 5. The van der Waals surface area contributed by atoms with Crippen LogP contribution in [0.25, 0.3) is 0 Å². The topological polar surface area (TPSA) is 55.0 Å². The van der Waals surface area contributed by atoms with E-state index in [-0.39, 0.29) is 0 Å². The molecule has 2 aromatic heterocycles. The summed E-state index contributed by atoms with van der Waals surface area (Å²) in [6, 6.07) is 8.99. The zero-order valence-corrected chi connectivity index (χ0v) is 15.2. The quantitative estimate of drug-likeness (QED) is 0.842. The van der Waals surface area contributed by atoms with Gasteiger partial charge in [0.25, 0.3) is 0 Å². The number of aryl methyl sites for hydroxylation is 2. The van der Waals surface area contributed by atoms with Crippen molar-refractivity contribution in [3.63, 3.8) is 0 Å². The standard InChI is InChI=1S/C21H28N4/c1-16-8-6-13-23-20(16)18-10-5-11-19(25(18)15-4-3-12-22)21-17(2)9-7-14-24-21/h3-4,6-9,13-14,18-19H,5,10-12,15,22H2,1-2H3/b4-3-/t18-,19+. The minimum absolute atomic E-state index is 0.323. The van der Waals surface area contributed by atoms with E-state index in [0.717, 1.165) is 19.4 Å². The molecule has 2 N–H and O–H groups in total. The van der Waals surface area contributed by atoms with E-state index in [1.165, 1.54) is 28.9 Å². The first-order valence-corrected chi connectivity index (χ1v) is 9.16. The molecule has 3 heterocycles. The van der Waals surface area contributed by atoms with Gasteiger partial charge in [0.2, 0.25) is 0 Å². The molecule has 1 aliphatic heterocycles. The Morgan fingerprint density at radius 3 is 2.04 bits per heavy atom. The van der Waals surface area contributed by atoms with Crippen molar-refractivity contribution in [3.8, 4) is 0 Å². The predicted octanol–water partition coefficient (Wildman–Crippen LogP) is 3.88. The number of aromatic nitrogens is 2. The fourth-order valence-corrected chi connectivity index (χ4v) is 3.88. The summed E-state index contributed by atoms with van der Waals surface area (Å²) in [5.41, 5.74) is 10.6. The summed E-state index contributed by atoms with van der Waals surface area (Å²) in [6.07, 6.45) is 11.5. The summed E-state index contributed by atoms with van der Waals surface area (Å²) in [4.78, 5) is 12.0. The SMILES string of the molecule is Cc1cccnc1[C@H]1CCC[C@@H](c2ncccc2C)N1C/C=C\CN. The van der Waals surface area contributed by atoms with Gasteiger partial charge in [-0.1, -0.05) is 24.3 Å². The molecule has 0 bridgehead atoms. The Kier molecular flexibility index (Phi) is 5.95. The van der Waals surface area contributed by atoms with Crippen LogP contribution < -0.4 is 5.73 Å². The fraction of sp³-hybridized carbons (Fsp3) is 0.429. The highest BCUT2D eigenvalue weighted by molar-refractivity contribution is 5.26. The van der Waals surface area contributed by atoms with E-state index in [0.29, 0.717) is 18.6 Å². The third-order valence-electron chi connectivity index (χ3n) is 5.11. The van der Waals surface area contributed by atoms with Crippen molar-refractivity contribution in [2.45, 2.75) is 45.2 Å². The van der Waals surface area contributed by atoms with E-state index in [2.05, 4.69) is 37.0 Å². The summed E-state index contributed by atoms with van der Waals surface area (Å²) >= 11 is 0. The number of nitrogens with two attached hydrogens (primary N) is 1. The van der Waals surface area contributed by atoms with Gasteiger partial charge in [0, 0.05) is 25.5 Å². The molecule has 1 aliphatic rings. The van der Waals surface area contributed by atoms with Crippen molar-refractivity contribution in [3.05, 3.63) is 71.3 Å². The molecule has 25 heavy (non-hydrogen) atoms. The maximum atomic E-state index is 5.65. The summed E-state index contributed by atoms with van der Waals surface area (Å²) in [6.45, 7) is 5.77. The molecule has 2 aromatic rings. The molecule has 2 atom stereocenters. The summed E-state index contributed by atoms with van der Waals surface area (Å²) in [5, 5.41) is 0. The van der Waals surface area contributed by atoms with Gasteiger partial charge in [0.15, 0.2) is 0 Å². The van der Waals surface area contributed by atoms with Gasteiger partial charge < -0.3 is 5.73 Å². The van der Waals surface area contributed by atoms with E-state index in [1.807, 2.05) is 30.6 Å². The van der Waals surface area contributed by atoms with Gasteiger partial charge in [-0.3, -0.25) is 14.9 Å². The van der Waals surface area contributed by atoms with Crippen LogP contribution in [0, 0.1) is 13.8 Å². The van der Waals surface area contributed by atoms with Crippen LogP contribution in [0.3, 0.4) is 0 Å². The van der Waals surface area contributed by atoms with Crippen molar-refractivity contribution >= 4 is 0 Å². The van der Waals surface area contributed by atoms with E-state index >= 15 is 0 Å². The first-order valence-electron chi connectivity index (χ1n) is 9.16. The average molecular weight is 336 g/mol. The monoisotopic (exact) mass is 336 g/mol. The molecule has 0 aromatic carbocycles. The van der Waals surface area contributed by atoms with E-state index in [1.54, 1.807) is 0 Å². The molecule has 132 valence electrons. The second-order valence-corrected chi connectivity index (χ2v) is 6.78. The van der Waals surface area contributed by atoms with Crippen LogP contribution in [0.4, 0.5) is 0 Å². The summed E-state index contributed by atoms with van der Waals surface area (Å²) in [7, 11) is 0. The minimum atomic E-state index is 0.323. The predicted molar refractivity (Wildman–Crippen MR) is 102 cm³/mol. The van der Waals surface area contributed by atoms with E-state index in [4.69, 9.17) is 15.7 Å². The summed E-state index contributed by atoms with van der Waals surface area (Å²) in [5.74, 6) is 0. The normalized spacial score (nSPS) is 21.7. The van der Waals surface area contributed by atoms with Crippen LogP contribution in [-0.2, 0) is 0 Å². The molecule has 4 nitrogen and oxygen atoms in total. The highest BCUT2D eigenvalue weighted by Gasteiger charge is 2.34. The molecule has 4 heteroatoms. The third-order valence-corrected chi connectivity index (χ3v) is 5.11. The Bertz CT molecular complexity index is 672. The Morgan fingerprint density at radius 2 is 1.56 bits per heavy atom. The number of hydrogen-bond acceptors (Lipinski definition) is 4. The minimum Gasteiger partial charge on any atom is -0.327 e. The van der Waals surface area contributed by atoms with Gasteiger partial charge in [-0.15, -0.1) is 0 Å². The molecule has 0 aliphatic carbocycles. The Balaban J connectivity index is 1.98. The molecule has 0 saturated carbocycles. The van der Waals surface area contributed by atoms with Crippen molar-refractivity contribution in [2.24, 2.45) is 5.73 Å². The smallest absolute Gasteiger partial charge is 0.0604 e. The van der Waals surface area contributed by atoms with Crippen LogP contribution in [0.2, 0.25) is 0 Å². The Morgan fingerprint density at radius 1 is 1.00 bits per heavy atom. The molecule has 3 rings (SSSR count). The molecule has 0 spiro atoms. The maximum absolute atomic E-state index is 5.65. The zero-order valence-electron chi connectivity index (χ0n) is 15.2. The van der Waals surface area contributed by atoms with Crippen molar-refractivity contribution in [2.75, 3.05) is 13.1 Å². The Labute approximate surface area is 150 Å². The first kappa shape index (κ1) is 17.8. The summed E-state index contributed by atoms with van der Waals surface area (Å²) < 4.78 is 0. The number of pyridine rings is 2. The van der Waals surface area contributed by atoms with Gasteiger partial charge >= 0.3 is 0 Å². The molecular weight excluding hydrogens is 308 g/mol. The molecule has 1 fully saturated rings. The number of hydrogen-bond donors (Lipinski definition) is 1. The van der Waals surface area contributed by atoms with Crippen LogP contribution in [0.1, 0.15) is 53.9 Å². The van der Waals surface area contributed by atoms with Crippen LogP contribution in [0.5, 0.6) is 0 Å². The molecule has 1 saturated heterocycles. The molecule has 0 unspecified atom stereocenters. The number of likely N-dealkylation sites (tertiary alicyclic amines) is 1. The van der Waals surface area contributed by atoms with Crippen molar-refractivity contribution in [1.82, 2.24) is 14.9 Å². The van der Waals surface area contributed by atoms with Gasteiger partial charge in [-0.25, -0.2) is 0 Å². The van der Waals surface area contributed by atoms with Gasteiger partial charge in [0.1, 0.15) is 0 Å². The number of piperidine rings is 1. The lowest BCUT2D eigenvalue weighted by Gasteiger charge is -2.42. The maximum Gasteiger partial charge on any atom is 0.0604 e. The highest BCUT2D eigenvalue weighted by atomic mass is 15.2.